The van der Waals surface area contributed by atoms with Crippen LogP contribution in [0.2, 0.25) is 5.02 Å². The Hall–Kier alpha value is -2.53. The second kappa shape index (κ2) is 8.19. The van der Waals surface area contributed by atoms with Crippen LogP contribution in [0.15, 0.2) is 53.6 Å². The van der Waals surface area contributed by atoms with Crippen molar-refractivity contribution in [1.82, 2.24) is 5.43 Å². The molecule has 120 valence electrons. The summed E-state index contributed by atoms with van der Waals surface area (Å²) in [7, 11) is 1.54. The molecule has 2 aromatic carbocycles. The SMILES string of the molecule is COc1ccccc1O[C@H](C)C(=O)N/N=C\c1ccc(Cl)cc1. The van der Waals surface area contributed by atoms with Crippen molar-refractivity contribution < 1.29 is 14.3 Å². The third-order valence-corrected chi connectivity index (χ3v) is 3.25. The minimum absolute atomic E-state index is 0.360. The maximum atomic E-state index is 12.0. The molecule has 23 heavy (non-hydrogen) atoms. The first-order valence-electron chi connectivity index (χ1n) is 6.98. The third-order valence-electron chi connectivity index (χ3n) is 3.00. The monoisotopic (exact) mass is 332 g/mol. The van der Waals surface area contributed by atoms with E-state index < -0.39 is 6.10 Å². The lowest BCUT2D eigenvalue weighted by Gasteiger charge is -2.15. The first kappa shape index (κ1) is 16.8. The lowest BCUT2D eigenvalue weighted by molar-refractivity contribution is -0.127. The minimum atomic E-state index is -0.714. The quantitative estimate of drug-likeness (QED) is 0.652. The maximum Gasteiger partial charge on any atom is 0.280 e. The number of para-hydroxylation sites is 2. The number of ether oxygens (including phenoxy) is 2. The highest BCUT2D eigenvalue weighted by atomic mass is 35.5. The van der Waals surface area contributed by atoms with Gasteiger partial charge in [0.05, 0.1) is 13.3 Å². The number of hydrazone groups is 1. The summed E-state index contributed by atoms with van der Waals surface area (Å²) in [6, 6.07) is 14.2. The molecule has 0 radical (unpaired) electrons. The second-order valence-corrected chi connectivity index (χ2v) is 5.13. The van der Waals surface area contributed by atoms with Crippen molar-refractivity contribution in [3.05, 3.63) is 59.1 Å². The molecule has 0 heterocycles. The Balaban J connectivity index is 1.91. The Morgan fingerprint density at radius 3 is 2.48 bits per heavy atom. The molecule has 0 unspecified atom stereocenters. The molecule has 2 rings (SSSR count). The van der Waals surface area contributed by atoms with Gasteiger partial charge in [0.2, 0.25) is 0 Å². The minimum Gasteiger partial charge on any atom is -0.493 e. The molecule has 0 aliphatic carbocycles. The van der Waals surface area contributed by atoms with Gasteiger partial charge in [-0.3, -0.25) is 4.79 Å². The third kappa shape index (κ3) is 5.00. The fourth-order valence-electron chi connectivity index (χ4n) is 1.77. The Morgan fingerprint density at radius 2 is 1.83 bits per heavy atom. The zero-order valence-corrected chi connectivity index (χ0v) is 13.6. The lowest BCUT2D eigenvalue weighted by Crippen LogP contribution is -2.33. The molecule has 6 heteroatoms. The Kier molecular flexibility index (Phi) is 6.00. The molecule has 1 N–H and O–H groups in total. The molecule has 0 aliphatic heterocycles. The number of nitrogens with zero attached hydrogens (tertiary/aromatic N) is 1. The topological polar surface area (TPSA) is 59.9 Å². The molecule has 0 aliphatic rings. The number of carbonyl (C=O) groups is 1. The van der Waals surface area contributed by atoms with Gasteiger partial charge < -0.3 is 9.47 Å². The van der Waals surface area contributed by atoms with Gasteiger partial charge >= 0.3 is 0 Å². The number of hydrogen-bond acceptors (Lipinski definition) is 4. The van der Waals surface area contributed by atoms with Crippen LogP contribution in [0.4, 0.5) is 0 Å². The average Bonchev–Trinajstić information content (AvgIpc) is 2.57. The van der Waals surface area contributed by atoms with Gasteiger partial charge in [0.1, 0.15) is 0 Å². The van der Waals surface area contributed by atoms with Crippen LogP contribution in [0, 0.1) is 0 Å². The van der Waals surface area contributed by atoms with Crippen LogP contribution < -0.4 is 14.9 Å². The van der Waals surface area contributed by atoms with Gasteiger partial charge in [0.25, 0.3) is 5.91 Å². The highest BCUT2D eigenvalue weighted by Crippen LogP contribution is 2.26. The molecule has 0 fully saturated rings. The van der Waals surface area contributed by atoms with Crippen molar-refractivity contribution in [2.24, 2.45) is 5.10 Å². The summed E-state index contributed by atoms with van der Waals surface area (Å²) in [6.45, 7) is 1.64. The summed E-state index contributed by atoms with van der Waals surface area (Å²) >= 11 is 5.80. The van der Waals surface area contributed by atoms with Gasteiger partial charge in [-0.25, -0.2) is 5.43 Å². The van der Waals surface area contributed by atoms with Gasteiger partial charge in [0.15, 0.2) is 17.6 Å². The van der Waals surface area contributed by atoms with E-state index in [4.69, 9.17) is 21.1 Å². The summed E-state index contributed by atoms with van der Waals surface area (Å²) in [4.78, 5) is 12.0. The highest BCUT2D eigenvalue weighted by Gasteiger charge is 2.15. The number of amides is 1. The number of hydrogen-bond donors (Lipinski definition) is 1. The molecule has 0 saturated carbocycles. The Labute approximate surface area is 139 Å². The number of benzene rings is 2. The standard InChI is InChI=1S/C17H17ClN2O3/c1-12(23-16-6-4-3-5-15(16)22-2)17(21)20-19-11-13-7-9-14(18)10-8-13/h3-12H,1-2H3,(H,20,21)/b19-11-/t12-/m1/s1. The van der Waals surface area contributed by atoms with E-state index >= 15 is 0 Å². The van der Waals surface area contributed by atoms with Gasteiger partial charge in [-0.15, -0.1) is 0 Å². The van der Waals surface area contributed by atoms with E-state index in [9.17, 15) is 4.79 Å². The summed E-state index contributed by atoms with van der Waals surface area (Å²) in [5.41, 5.74) is 3.26. The Morgan fingerprint density at radius 1 is 1.17 bits per heavy atom. The van der Waals surface area contributed by atoms with Crippen LogP contribution in [0.25, 0.3) is 0 Å². The number of halogens is 1. The fourth-order valence-corrected chi connectivity index (χ4v) is 1.90. The molecular weight excluding hydrogens is 316 g/mol. The molecule has 0 saturated heterocycles. The lowest BCUT2D eigenvalue weighted by atomic mass is 10.2. The van der Waals surface area contributed by atoms with Crippen molar-refractivity contribution in [3.8, 4) is 11.5 Å². The molecule has 0 aromatic heterocycles. The molecule has 1 amide bonds. The van der Waals surface area contributed by atoms with E-state index in [1.54, 1.807) is 56.5 Å². The molecule has 2 aromatic rings. The summed E-state index contributed by atoms with van der Waals surface area (Å²) in [5.74, 6) is 0.706. The van der Waals surface area contributed by atoms with E-state index in [0.29, 0.717) is 16.5 Å². The van der Waals surface area contributed by atoms with Crippen molar-refractivity contribution >= 4 is 23.7 Å². The zero-order valence-electron chi connectivity index (χ0n) is 12.8. The summed E-state index contributed by atoms with van der Waals surface area (Å²) < 4.78 is 10.8. The molecule has 1 atom stereocenters. The predicted octanol–water partition coefficient (Wildman–Crippen LogP) is 3.27. The summed E-state index contributed by atoms with van der Waals surface area (Å²) in [6.07, 6.45) is 0.818. The highest BCUT2D eigenvalue weighted by molar-refractivity contribution is 6.30. The van der Waals surface area contributed by atoms with E-state index in [1.165, 1.54) is 6.21 Å². The van der Waals surface area contributed by atoms with E-state index in [-0.39, 0.29) is 5.91 Å². The number of carbonyl (C=O) groups excluding carboxylic acids is 1. The fraction of sp³-hybridized carbons (Fsp3) is 0.176. The van der Waals surface area contributed by atoms with Crippen LogP contribution in [-0.4, -0.2) is 25.3 Å². The van der Waals surface area contributed by atoms with E-state index in [2.05, 4.69) is 10.5 Å². The van der Waals surface area contributed by atoms with E-state index in [1.807, 2.05) is 6.07 Å². The normalized spacial score (nSPS) is 12.0. The Bertz CT molecular complexity index is 686. The first-order valence-corrected chi connectivity index (χ1v) is 7.36. The van der Waals surface area contributed by atoms with Gasteiger partial charge in [-0.05, 0) is 36.8 Å². The van der Waals surface area contributed by atoms with Gasteiger partial charge in [-0.1, -0.05) is 35.9 Å². The van der Waals surface area contributed by atoms with Gasteiger partial charge in [0, 0.05) is 5.02 Å². The average molecular weight is 333 g/mol. The number of nitrogens with one attached hydrogen (secondary N) is 1. The smallest absolute Gasteiger partial charge is 0.280 e. The first-order chi connectivity index (χ1) is 11.1. The van der Waals surface area contributed by atoms with Crippen LogP contribution in [0.5, 0.6) is 11.5 Å². The number of methoxy groups -OCH3 is 1. The molecule has 0 bridgehead atoms. The summed E-state index contributed by atoms with van der Waals surface area (Å²) in [5, 5.41) is 4.54. The zero-order chi connectivity index (χ0) is 16.7. The van der Waals surface area contributed by atoms with E-state index in [0.717, 1.165) is 5.56 Å². The van der Waals surface area contributed by atoms with Crippen LogP contribution >= 0.6 is 11.6 Å². The van der Waals surface area contributed by atoms with Crippen molar-refractivity contribution in [2.45, 2.75) is 13.0 Å². The van der Waals surface area contributed by atoms with Crippen molar-refractivity contribution in [3.63, 3.8) is 0 Å². The molecular formula is C17H17ClN2O3. The second-order valence-electron chi connectivity index (χ2n) is 4.70. The van der Waals surface area contributed by atoms with Crippen molar-refractivity contribution in [2.75, 3.05) is 7.11 Å². The van der Waals surface area contributed by atoms with Crippen molar-refractivity contribution in [1.29, 1.82) is 0 Å². The predicted molar refractivity (Wildman–Crippen MR) is 90.3 cm³/mol. The largest absolute Gasteiger partial charge is 0.493 e. The molecule has 5 nitrogen and oxygen atoms in total. The van der Waals surface area contributed by atoms with Gasteiger partial charge in [-0.2, -0.15) is 5.10 Å². The van der Waals surface area contributed by atoms with Crippen LogP contribution in [-0.2, 0) is 4.79 Å². The number of rotatable bonds is 6. The van der Waals surface area contributed by atoms with Crippen LogP contribution in [0.3, 0.4) is 0 Å². The maximum absolute atomic E-state index is 12.0. The molecule has 0 spiro atoms. The van der Waals surface area contributed by atoms with Crippen LogP contribution in [0.1, 0.15) is 12.5 Å².